The molecule has 1 saturated carbocycles. The van der Waals surface area contributed by atoms with Crippen LogP contribution in [0.2, 0.25) is 0 Å². The lowest BCUT2D eigenvalue weighted by molar-refractivity contribution is 0.0918. The van der Waals surface area contributed by atoms with E-state index in [1.54, 1.807) is 0 Å². The highest BCUT2D eigenvalue weighted by Gasteiger charge is 2.53. The first-order chi connectivity index (χ1) is 11.3. The minimum absolute atomic E-state index is 0.0779. The van der Waals surface area contributed by atoms with Crippen molar-refractivity contribution in [3.8, 4) is 0 Å². The Kier molecular flexibility index (Phi) is 3.82. The zero-order valence-electron chi connectivity index (χ0n) is 13.1. The van der Waals surface area contributed by atoms with E-state index in [0.29, 0.717) is 25.9 Å². The van der Waals surface area contributed by atoms with Crippen LogP contribution >= 0.6 is 0 Å². The number of primary amides is 1. The molecule has 0 unspecified atom stereocenters. The second-order valence-electron chi connectivity index (χ2n) is 6.27. The zero-order chi connectivity index (χ0) is 17.5. The van der Waals surface area contributed by atoms with Crippen LogP contribution in [0.3, 0.4) is 0 Å². The van der Waals surface area contributed by atoms with Gasteiger partial charge in [-0.2, -0.15) is 0 Å². The van der Waals surface area contributed by atoms with Crippen molar-refractivity contribution >= 4 is 24.0 Å². The van der Waals surface area contributed by atoms with Gasteiger partial charge in [-0.15, -0.1) is 0 Å². The third-order valence-electron chi connectivity index (χ3n) is 4.77. The monoisotopic (exact) mass is 338 g/mol. The molecule has 3 amide bonds. The number of anilines is 1. The number of carbonyl (C=O) groups is 3. The molecule has 1 spiro atoms. The van der Waals surface area contributed by atoms with Crippen molar-refractivity contribution in [3.63, 3.8) is 0 Å². The van der Waals surface area contributed by atoms with Crippen LogP contribution in [0.1, 0.15) is 29.8 Å². The molecule has 3 rings (SSSR count). The average molecular weight is 338 g/mol. The SMILES string of the molecule is COC(=O)N(c1cc(C(N)=O)no1)C1CC2(CCN(C(=O)O)C2)C1. The van der Waals surface area contributed by atoms with Crippen LogP contribution < -0.4 is 10.6 Å². The first kappa shape index (κ1) is 16.1. The summed E-state index contributed by atoms with van der Waals surface area (Å²) in [5.74, 6) is -0.670. The summed E-state index contributed by atoms with van der Waals surface area (Å²) >= 11 is 0. The van der Waals surface area contributed by atoms with E-state index in [1.807, 2.05) is 0 Å². The van der Waals surface area contributed by atoms with E-state index < -0.39 is 18.1 Å². The van der Waals surface area contributed by atoms with Gasteiger partial charge in [-0.3, -0.25) is 4.79 Å². The predicted octanol–water partition coefficient (Wildman–Crippen LogP) is 0.879. The molecule has 0 aromatic carbocycles. The van der Waals surface area contributed by atoms with Gasteiger partial charge < -0.3 is 25.0 Å². The van der Waals surface area contributed by atoms with E-state index in [4.69, 9.17) is 20.1 Å². The molecule has 2 fully saturated rings. The van der Waals surface area contributed by atoms with Gasteiger partial charge in [-0.05, 0) is 24.7 Å². The summed E-state index contributed by atoms with van der Waals surface area (Å²) in [6.07, 6.45) is 0.446. The van der Waals surface area contributed by atoms with E-state index in [9.17, 15) is 14.4 Å². The van der Waals surface area contributed by atoms with Gasteiger partial charge in [0.15, 0.2) is 5.69 Å². The van der Waals surface area contributed by atoms with Crippen molar-refractivity contribution in [1.29, 1.82) is 0 Å². The van der Waals surface area contributed by atoms with Gasteiger partial charge in [0, 0.05) is 25.2 Å². The van der Waals surface area contributed by atoms with Crippen molar-refractivity contribution in [3.05, 3.63) is 11.8 Å². The van der Waals surface area contributed by atoms with Crippen LogP contribution in [-0.4, -0.2) is 59.5 Å². The zero-order valence-corrected chi connectivity index (χ0v) is 13.1. The lowest BCUT2D eigenvalue weighted by Crippen LogP contribution is -2.54. The summed E-state index contributed by atoms with van der Waals surface area (Å²) in [6.45, 7) is 0.950. The normalized spacial score (nSPS) is 25.4. The summed E-state index contributed by atoms with van der Waals surface area (Å²) in [6, 6.07) is 1.09. The molecule has 0 atom stereocenters. The van der Waals surface area contributed by atoms with Crippen molar-refractivity contribution < 1.29 is 28.8 Å². The molecule has 10 nitrogen and oxygen atoms in total. The maximum atomic E-state index is 12.1. The summed E-state index contributed by atoms with van der Waals surface area (Å²) in [5, 5.41) is 12.6. The highest BCUT2D eigenvalue weighted by Crippen LogP contribution is 2.51. The average Bonchev–Trinajstić information content (AvgIpc) is 3.13. The van der Waals surface area contributed by atoms with Gasteiger partial charge in [0.25, 0.3) is 5.91 Å². The van der Waals surface area contributed by atoms with E-state index in [2.05, 4.69) is 5.16 Å². The Labute approximate surface area is 137 Å². The van der Waals surface area contributed by atoms with Crippen molar-refractivity contribution in [1.82, 2.24) is 10.1 Å². The number of carboxylic acid groups (broad SMARTS) is 1. The number of methoxy groups -OCH3 is 1. The molecule has 1 aliphatic heterocycles. The number of hydrogen-bond donors (Lipinski definition) is 2. The molecule has 0 bridgehead atoms. The maximum absolute atomic E-state index is 12.1. The number of amides is 3. The molecule has 3 N–H and O–H groups in total. The Morgan fingerprint density at radius 3 is 2.71 bits per heavy atom. The molecule has 1 aromatic rings. The number of hydrogen-bond acceptors (Lipinski definition) is 6. The smallest absolute Gasteiger partial charge is 0.416 e. The van der Waals surface area contributed by atoms with Gasteiger partial charge in [0.2, 0.25) is 5.88 Å². The van der Waals surface area contributed by atoms with Gasteiger partial charge in [0.1, 0.15) is 0 Å². The van der Waals surface area contributed by atoms with E-state index in [-0.39, 0.29) is 23.0 Å². The molecule has 1 aromatic heterocycles. The van der Waals surface area contributed by atoms with Crippen LogP contribution in [-0.2, 0) is 4.74 Å². The number of likely N-dealkylation sites (tertiary alicyclic amines) is 1. The topological polar surface area (TPSA) is 139 Å². The maximum Gasteiger partial charge on any atom is 0.416 e. The Morgan fingerprint density at radius 2 is 2.21 bits per heavy atom. The Bertz CT molecular complexity index is 681. The van der Waals surface area contributed by atoms with Crippen molar-refractivity contribution in [2.75, 3.05) is 25.1 Å². The van der Waals surface area contributed by atoms with Crippen molar-refractivity contribution in [2.24, 2.45) is 11.1 Å². The summed E-state index contributed by atoms with van der Waals surface area (Å²) in [5.41, 5.74) is 4.94. The van der Waals surface area contributed by atoms with Crippen LogP contribution in [0.15, 0.2) is 10.6 Å². The first-order valence-electron chi connectivity index (χ1n) is 7.47. The molecular weight excluding hydrogens is 320 g/mol. The quantitative estimate of drug-likeness (QED) is 0.833. The van der Waals surface area contributed by atoms with Crippen LogP contribution in [0.4, 0.5) is 15.5 Å². The molecule has 2 aliphatic rings. The number of carbonyl (C=O) groups excluding carboxylic acids is 2. The fourth-order valence-corrected chi connectivity index (χ4v) is 3.57. The summed E-state index contributed by atoms with van der Waals surface area (Å²) in [4.78, 5) is 37.0. The third-order valence-corrected chi connectivity index (χ3v) is 4.77. The Hall–Kier alpha value is -2.78. The van der Waals surface area contributed by atoms with Crippen LogP contribution in [0.25, 0.3) is 0 Å². The summed E-state index contributed by atoms with van der Waals surface area (Å²) < 4.78 is 9.83. The van der Waals surface area contributed by atoms with Crippen molar-refractivity contribution in [2.45, 2.75) is 25.3 Å². The lowest BCUT2D eigenvalue weighted by atomic mass is 9.64. The molecule has 2 heterocycles. The fraction of sp³-hybridized carbons (Fsp3) is 0.571. The van der Waals surface area contributed by atoms with Gasteiger partial charge >= 0.3 is 12.2 Å². The molecule has 1 aliphatic carbocycles. The molecule has 0 radical (unpaired) electrons. The molecule has 1 saturated heterocycles. The number of rotatable bonds is 3. The van der Waals surface area contributed by atoms with E-state index in [0.717, 1.165) is 6.42 Å². The standard InChI is InChI=1S/C14H18N4O6/c1-23-13(22)18(10-4-9(11(15)19)16-24-10)8-5-14(6-8)2-3-17(7-14)12(20)21/h4,8H,2-3,5-7H2,1H3,(H2,15,19)(H,20,21). The highest BCUT2D eigenvalue weighted by molar-refractivity contribution is 5.93. The number of ether oxygens (including phenoxy) is 1. The second kappa shape index (κ2) is 5.69. The third kappa shape index (κ3) is 2.63. The lowest BCUT2D eigenvalue weighted by Gasteiger charge is -2.48. The highest BCUT2D eigenvalue weighted by atomic mass is 16.6. The molecule has 10 heteroatoms. The summed E-state index contributed by atoms with van der Waals surface area (Å²) in [7, 11) is 1.25. The predicted molar refractivity (Wildman–Crippen MR) is 79.6 cm³/mol. The van der Waals surface area contributed by atoms with E-state index in [1.165, 1.54) is 23.0 Å². The minimum atomic E-state index is -0.929. The van der Waals surface area contributed by atoms with Gasteiger partial charge in [-0.1, -0.05) is 5.16 Å². The number of nitrogens with two attached hydrogens (primary N) is 1. The number of aromatic nitrogens is 1. The number of nitrogens with zero attached hydrogens (tertiary/aromatic N) is 3. The molecular formula is C14H18N4O6. The van der Waals surface area contributed by atoms with Crippen LogP contribution in [0, 0.1) is 5.41 Å². The van der Waals surface area contributed by atoms with Crippen LogP contribution in [0.5, 0.6) is 0 Å². The first-order valence-corrected chi connectivity index (χ1v) is 7.47. The second-order valence-corrected chi connectivity index (χ2v) is 6.27. The molecule has 24 heavy (non-hydrogen) atoms. The Morgan fingerprint density at radius 1 is 1.50 bits per heavy atom. The fourth-order valence-electron chi connectivity index (χ4n) is 3.57. The largest absolute Gasteiger partial charge is 0.465 e. The van der Waals surface area contributed by atoms with E-state index >= 15 is 0 Å². The van der Waals surface area contributed by atoms with Gasteiger partial charge in [-0.25, -0.2) is 14.5 Å². The Balaban J connectivity index is 1.74. The minimum Gasteiger partial charge on any atom is -0.465 e. The van der Waals surface area contributed by atoms with Gasteiger partial charge in [0.05, 0.1) is 7.11 Å². The molecule has 130 valence electrons.